The van der Waals surface area contributed by atoms with Gasteiger partial charge in [0, 0.05) is 23.6 Å². The van der Waals surface area contributed by atoms with Crippen molar-refractivity contribution in [3.05, 3.63) is 51.5 Å². The minimum atomic E-state index is -2.93. The number of phenols is 1. The SMILES string of the molecule is C[C@H]1c2ccc(CN)c(O)c2C(=O)C2=C(O)C3(O)C(=O)C(C(N)=O)=C(O)[C@@H](N(C)C)[C@@H]3[C@@H](O)[C@@H]21. The lowest BCUT2D eigenvalue weighted by Gasteiger charge is -2.53. The molecule has 6 atom stereocenters. The number of aromatic hydroxyl groups is 1. The average molecular weight is 473 g/mol. The summed E-state index contributed by atoms with van der Waals surface area (Å²) in [4.78, 5) is 40.2. The average Bonchev–Trinajstić information content (AvgIpc) is 2.75. The number of hydrogen-bond acceptors (Lipinski definition) is 10. The van der Waals surface area contributed by atoms with Gasteiger partial charge in [-0.1, -0.05) is 19.1 Å². The van der Waals surface area contributed by atoms with Crippen LogP contribution in [0.2, 0.25) is 0 Å². The van der Waals surface area contributed by atoms with Crippen molar-refractivity contribution in [3.8, 4) is 5.75 Å². The molecule has 0 aliphatic heterocycles. The zero-order valence-corrected chi connectivity index (χ0v) is 18.8. The van der Waals surface area contributed by atoms with Crippen LogP contribution in [0.25, 0.3) is 0 Å². The predicted molar refractivity (Wildman–Crippen MR) is 118 cm³/mol. The Morgan fingerprint density at radius 3 is 2.32 bits per heavy atom. The highest BCUT2D eigenvalue weighted by atomic mass is 16.4. The summed E-state index contributed by atoms with van der Waals surface area (Å²) in [5, 5.41) is 55.7. The number of amides is 1. The van der Waals surface area contributed by atoms with E-state index >= 15 is 0 Å². The van der Waals surface area contributed by atoms with E-state index in [1.165, 1.54) is 19.0 Å². The van der Waals surface area contributed by atoms with E-state index in [9.17, 15) is 39.9 Å². The number of Topliss-reactive ketones (excluding diaryl/α,β-unsaturated/α-hetero) is 2. The number of carbonyl (C=O) groups excluding carboxylic acids is 3. The molecule has 11 nitrogen and oxygen atoms in total. The number of likely N-dealkylation sites (N-methyl/N-ethyl adjacent to an activating group) is 1. The van der Waals surface area contributed by atoms with Gasteiger partial charge in [0.25, 0.3) is 5.91 Å². The lowest BCUT2D eigenvalue weighted by atomic mass is 9.55. The zero-order valence-electron chi connectivity index (χ0n) is 18.8. The number of ketones is 2. The monoisotopic (exact) mass is 473 g/mol. The Bertz CT molecular complexity index is 1200. The lowest BCUT2D eigenvalue weighted by Crippen LogP contribution is -2.68. The molecule has 1 aromatic rings. The van der Waals surface area contributed by atoms with Crippen molar-refractivity contribution in [3.63, 3.8) is 0 Å². The molecule has 9 N–H and O–H groups in total. The summed E-state index contributed by atoms with van der Waals surface area (Å²) in [7, 11) is 2.96. The van der Waals surface area contributed by atoms with Crippen LogP contribution in [0.3, 0.4) is 0 Å². The van der Waals surface area contributed by atoms with E-state index in [1.54, 1.807) is 19.1 Å². The first-order valence-corrected chi connectivity index (χ1v) is 10.7. The highest BCUT2D eigenvalue weighted by Gasteiger charge is 2.67. The Balaban J connectivity index is 2.05. The molecule has 3 aliphatic rings. The molecule has 3 aliphatic carbocycles. The fourth-order valence-corrected chi connectivity index (χ4v) is 5.83. The molecule has 0 heterocycles. The summed E-state index contributed by atoms with van der Waals surface area (Å²) in [6.07, 6.45) is -1.62. The van der Waals surface area contributed by atoms with Gasteiger partial charge in [-0.15, -0.1) is 0 Å². The molecule has 1 unspecified atom stereocenters. The van der Waals surface area contributed by atoms with Crippen LogP contribution in [-0.4, -0.2) is 79.7 Å². The molecule has 0 saturated carbocycles. The number of carbonyl (C=O) groups is 3. The van der Waals surface area contributed by atoms with Crippen LogP contribution in [0.1, 0.15) is 34.3 Å². The maximum Gasteiger partial charge on any atom is 0.255 e. The van der Waals surface area contributed by atoms with Crippen molar-refractivity contribution >= 4 is 17.5 Å². The first-order chi connectivity index (χ1) is 15.8. The van der Waals surface area contributed by atoms with E-state index in [-0.39, 0.29) is 17.7 Å². The largest absolute Gasteiger partial charge is 0.510 e. The van der Waals surface area contributed by atoms with E-state index in [0.717, 1.165) is 0 Å². The fraction of sp³-hybridized carbons (Fsp3) is 0.435. The molecule has 0 bridgehead atoms. The van der Waals surface area contributed by atoms with Crippen molar-refractivity contribution in [2.24, 2.45) is 23.3 Å². The Labute approximate surface area is 194 Å². The van der Waals surface area contributed by atoms with Crippen LogP contribution >= 0.6 is 0 Å². The molecule has 182 valence electrons. The van der Waals surface area contributed by atoms with E-state index in [0.29, 0.717) is 5.56 Å². The topological polar surface area (TPSA) is 208 Å². The smallest absolute Gasteiger partial charge is 0.255 e. The van der Waals surface area contributed by atoms with Crippen LogP contribution in [0, 0.1) is 11.8 Å². The molecule has 4 rings (SSSR count). The molecule has 1 aromatic carbocycles. The first kappa shape index (κ1) is 23.9. The number of nitrogens with zero attached hydrogens (tertiary/aromatic N) is 1. The number of rotatable bonds is 3. The molecule has 1 amide bonds. The number of primary amides is 1. The fourth-order valence-electron chi connectivity index (χ4n) is 5.83. The molecule has 0 aromatic heterocycles. The third kappa shape index (κ3) is 2.75. The number of hydrogen-bond donors (Lipinski definition) is 7. The zero-order chi connectivity index (χ0) is 25.4. The Hall–Kier alpha value is -3.25. The summed E-state index contributed by atoms with van der Waals surface area (Å²) < 4.78 is 0. The van der Waals surface area contributed by atoms with E-state index in [1.807, 2.05) is 0 Å². The van der Waals surface area contributed by atoms with Crippen molar-refractivity contribution in [2.45, 2.75) is 37.1 Å². The second kappa shape index (κ2) is 7.64. The molecule has 0 spiro atoms. The van der Waals surface area contributed by atoms with Crippen molar-refractivity contribution < 1.29 is 39.9 Å². The number of aliphatic hydroxyl groups is 4. The van der Waals surface area contributed by atoms with Crippen molar-refractivity contribution in [1.29, 1.82) is 0 Å². The molecule has 0 fully saturated rings. The maximum absolute atomic E-state index is 13.5. The van der Waals surface area contributed by atoms with Crippen molar-refractivity contribution in [1.82, 2.24) is 4.90 Å². The van der Waals surface area contributed by atoms with Gasteiger partial charge in [0.05, 0.1) is 23.6 Å². The van der Waals surface area contributed by atoms with Gasteiger partial charge in [-0.25, -0.2) is 0 Å². The summed E-state index contributed by atoms with van der Waals surface area (Å²) in [5.74, 6) is -9.11. The molecular weight excluding hydrogens is 446 g/mol. The summed E-state index contributed by atoms with van der Waals surface area (Å²) in [5.41, 5.74) is 7.14. The number of aliphatic hydroxyl groups excluding tert-OH is 3. The van der Waals surface area contributed by atoms with Gasteiger partial charge >= 0.3 is 0 Å². The standard InChI is InChI=1S/C23H27N3O8/c1-7-9-5-4-8(6-24)16(27)11(9)17(28)12-10(7)18(29)14-15(26(2)3)19(30)13(22(25)33)21(32)23(14,34)20(12)31/h4-5,7,10,14-15,18,27,29-31,34H,6,24H2,1-3H3,(H2,25,33)/t7-,10+,14+,15-,18-,23?/m0/s1. The van der Waals surface area contributed by atoms with Gasteiger partial charge in [0.2, 0.25) is 5.78 Å². The molecule has 0 radical (unpaired) electrons. The maximum atomic E-state index is 13.5. The Kier molecular flexibility index (Phi) is 5.37. The van der Waals surface area contributed by atoms with Gasteiger partial charge in [0.1, 0.15) is 22.8 Å². The second-order valence-corrected chi connectivity index (χ2v) is 9.29. The van der Waals surface area contributed by atoms with Crippen molar-refractivity contribution in [2.75, 3.05) is 14.1 Å². The van der Waals surface area contributed by atoms with Gasteiger partial charge in [-0.3, -0.25) is 19.3 Å². The van der Waals surface area contributed by atoms with E-state index in [2.05, 4.69) is 0 Å². The molecular formula is C23H27N3O8. The van der Waals surface area contributed by atoms with Gasteiger partial charge < -0.3 is 37.0 Å². The number of phenolic OH excluding ortho intramolecular Hbond substituents is 1. The van der Waals surface area contributed by atoms with Gasteiger partial charge in [-0.2, -0.15) is 0 Å². The quantitative estimate of drug-likeness (QED) is 0.269. The van der Waals surface area contributed by atoms with E-state index < -0.39 is 81.4 Å². The molecule has 34 heavy (non-hydrogen) atoms. The van der Waals surface area contributed by atoms with Crippen LogP contribution in [-0.2, 0) is 16.1 Å². The first-order valence-electron chi connectivity index (χ1n) is 10.7. The normalized spacial score (nSPS) is 33.1. The van der Waals surface area contributed by atoms with Crippen LogP contribution in [0.4, 0.5) is 0 Å². The number of benzene rings is 1. The summed E-state index contributed by atoms with van der Waals surface area (Å²) in [6, 6.07) is 1.86. The van der Waals surface area contributed by atoms with Gasteiger partial charge in [-0.05, 0) is 25.6 Å². The minimum Gasteiger partial charge on any atom is -0.510 e. The number of fused-ring (bicyclic) bond motifs is 3. The van der Waals surface area contributed by atoms with Crippen LogP contribution < -0.4 is 11.5 Å². The van der Waals surface area contributed by atoms with Crippen LogP contribution in [0.5, 0.6) is 5.75 Å². The summed E-state index contributed by atoms with van der Waals surface area (Å²) >= 11 is 0. The Morgan fingerprint density at radius 2 is 1.79 bits per heavy atom. The highest BCUT2D eigenvalue weighted by molar-refractivity contribution is 6.25. The summed E-state index contributed by atoms with van der Waals surface area (Å²) in [6.45, 7) is 1.59. The van der Waals surface area contributed by atoms with Crippen LogP contribution in [0.15, 0.2) is 34.8 Å². The molecule has 11 heteroatoms. The minimum absolute atomic E-state index is 0.0705. The second-order valence-electron chi connectivity index (χ2n) is 9.29. The molecule has 0 saturated heterocycles. The van der Waals surface area contributed by atoms with E-state index in [4.69, 9.17) is 11.5 Å². The van der Waals surface area contributed by atoms with Gasteiger partial charge in [0.15, 0.2) is 11.4 Å². The predicted octanol–water partition coefficient (Wildman–Crippen LogP) is -0.889. The third-order valence-electron chi connectivity index (χ3n) is 7.43. The Morgan fingerprint density at radius 1 is 1.18 bits per heavy atom. The third-order valence-corrected chi connectivity index (χ3v) is 7.43. The highest BCUT2D eigenvalue weighted by Crippen LogP contribution is 2.55. The lowest BCUT2D eigenvalue weighted by molar-refractivity contribution is -0.162. The number of nitrogens with two attached hydrogens (primary N) is 2.